The zero-order valence-electron chi connectivity index (χ0n) is 16.7. The van der Waals surface area contributed by atoms with Crippen LogP contribution in [0.15, 0.2) is 18.2 Å². The van der Waals surface area contributed by atoms with Gasteiger partial charge in [0.2, 0.25) is 0 Å². The lowest BCUT2D eigenvalue weighted by Gasteiger charge is -2.40. The lowest BCUT2D eigenvalue weighted by atomic mass is 9.90. The first-order chi connectivity index (χ1) is 11.7. The summed E-state index contributed by atoms with van der Waals surface area (Å²) < 4.78 is 44.2. The molecule has 5 nitrogen and oxygen atoms in total. The van der Waals surface area contributed by atoms with E-state index in [4.69, 9.17) is 14.2 Å². The summed E-state index contributed by atoms with van der Waals surface area (Å²) in [5.74, 6) is -1.55. The minimum atomic E-state index is -1.41. The first kappa shape index (κ1) is 22.3. The van der Waals surface area contributed by atoms with Crippen LogP contribution in [-0.2, 0) is 19.7 Å². The Morgan fingerprint density at radius 2 is 1.46 bits per heavy atom. The van der Waals surface area contributed by atoms with Crippen LogP contribution in [0.5, 0.6) is 0 Å². The van der Waals surface area contributed by atoms with Crippen LogP contribution in [0.4, 0.5) is 13.6 Å². The molecule has 0 aliphatic carbocycles. The van der Waals surface area contributed by atoms with Crippen LogP contribution in [0, 0.1) is 11.6 Å². The quantitative estimate of drug-likeness (QED) is 0.773. The molecule has 1 aromatic rings. The number of methoxy groups -OCH3 is 1. The van der Waals surface area contributed by atoms with E-state index in [2.05, 4.69) is 5.32 Å². The Bertz CT molecular complexity index is 617. The van der Waals surface area contributed by atoms with Crippen LogP contribution in [-0.4, -0.2) is 30.7 Å². The second-order valence-corrected chi connectivity index (χ2v) is 8.29. The number of halogens is 2. The monoisotopic (exact) mass is 373 g/mol. The maximum atomic E-state index is 13.8. The van der Waals surface area contributed by atoms with Crippen molar-refractivity contribution < 1.29 is 27.8 Å². The zero-order chi connectivity index (χ0) is 20.3. The molecular weight excluding hydrogens is 344 g/mol. The minimum absolute atomic E-state index is 0.150. The van der Waals surface area contributed by atoms with Gasteiger partial charge < -0.3 is 19.5 Å². The van der Waals surface area contributed by atoms with Gasteiger partial charge in [-0.15, -0.1) is 0 Å². The Labute approximate surface area is 154 Å². The van der Waals surface area contributed by atoms with Gasteiger partial charge in [-0.2, -0.15) is 0 Å². The third-order valence-electron chi connectivity index (χ3n) is 3.37. The third kappa shape index (κ3) is 6.53. The highest BCUT2D eigenvalue weighted by Gasteiger charge is 2.42. The Morgan fingerprint density at radius 3 is 1.85 bits per heavy atom. The molecule has 0 aromatic heterocycles. The van der Waals surface area contributed by atoms with E-state index in [1.807, 2.05) is 0 Å². The first-order valence-corrected chi connectivity index (χ1v) is 8.34. The highest BCUT2D eigenvalue weighted by Crippen LogP contribution is 2.32. The second-order valence-electron chi connectivity index (χ2n) is 8.29. The van der Waals surface area contributed by atoms with Gasteiger partial charge in [-0.3, -0.25) is 0 Å². The predicted molar refractivity (Wildman–Crippen MR) is 94.7 cm³/mol. The van der Waals surface area contributed by atoms with Crippen LogP contribution in [0.2, 0.25) is 0 Å². The lowest BCUT2D eigenvalue weighted by molar-refractivity contribution is -0.218. The average molecular weight is 373 g/mol. The molecule has 0 bridgehead atoms. The summed E-state index contributed by atoms with van der Waals surface area (Å²) in [5.41, 5.74) is -2.64. The molecule has 1 aromatic carbocycles. The van der Waals surface area contributed by atoms with Crippen LogP contribution >= 0.6 is 0 Å². The molecule has 1 N–H and O–H groups in total. The number of amides is 1. The number of carbonyl (C=O) groups is 1. The van der Waals surface area contributed by atoms with Gasteiger partial charge in [-0.25, -0.2) is 13.6 Å². The molecule has 0 saturated heterocycles. The number of rotatable bonds is 5. The van der Waals surface area contributed by atoms with E-state index in [0.29, 0.717) is 0 Å². The summed E-state index contributed by atoms with van der Waals surface area (Å²) >= 11 is 0. The van der Waals surface area contributed by atoms with Crippen molar-refractivity contribution in [3.8, 4) is 0 Å². The Balaban J connectivity index is 3.37. The zero-order valence-corrected chi connectivity index (χ0v) is 16.7. The maximum Gasteiger partial charge on any atom is 0.408 e. The number of nitrogens with one attached hydrogen (secondary N) is 1. The Kier molecular flexibility index (Phi) is 6.76. The molecule has 148 valence electrons. The fourth-order valence-electron chi connectivity index (χ4n) is 2.36. The largest absolute Gasteiger partial charge is 0.444 e. The number of alkyl carbamates (subject to hydrolysis) is 1. The van der Waals surface area contributed by atoms with Crippen molar-refractivity contribution in [3.05, 3.63) is 35.4 Å². The van der Waals surface area contributed by atoms with Gasteiger partial charge in [0.15, 0.2) is 6.29 Å². The molecule has 0 fully saturated rings. The van der Waals surface area contributed by atoms with Gasteiger partial charge in [-0.05, 0) is 66.2 Å². The van der Waals surface area contributed by atoms with E-state index in [-0.39, 0.29) is 5.56 Å². The number of carbonyl (C=O) groups excluding carboxylic acids is 1. The normalized spacial score (nSPS) is 15.9. The Morgan fingerprint density at radius 1 is 0.962 bits per heavy atom. The van der Waals surface area contributed by atoms with Crippen LogP contribution in [0.1, 0.15) is 54.0 Å². The number of ether oxygens (including phenoxy) is 3. The second kappa shape index (κ2) is 7.88. The smallest absolute Gasteiger partial charge is 0.408 e. The van der Waals surface area contributed by atoms with Gasteiger partial charge in [-0.1, -0.05) is 0 Å². The molecule has 0 radical (unpaired) electrons. The van der Waals surface area contributed by atoms with E-state index in [1.165, 1.54) is 7.11 Å². The molecule has 2 unspecified atom stereocenters. The summed E-state index contributed by atoms with van der Waals surface area (Å²) in [7, 11) is 1.39. The van der Waals surface area contributed by atoms with E-state index in [0.717, 1.165) is 18.2 Å². The molecule has 0 aliphatic rings. The van der Waals surface area contributed by atoms with Crippen LogP contribution in [0.25, 0.3) is 0 Å². The van der Waals surface area contributed by atoms with Crippen molar-refractivity contribution >= 4 is 6.09 Å². The van der Waals surface area contributed by atoms with Crippen molar-refractivity contribution in [2.75, 3.05) is 7.11 Å². The van der Waals surface area contributed by atoms with Gasteiger partial charge in [0.25, 0.3) is 0 Å². The summed E-state index contributed by atoms with van der Waals surface area (Å²) in [6, 6.07) is 3.00. The highest BCUT2D eigenvalue weighted by atomic mass is 19.1. The van der Waals surface area contributed by atoms with Gasteiger partial charge >= 0.3 is 6.09 Å². The third-order valence-corrected chi connectivity index (χ3v) is 3.37. The first-order valence-electron chi connectivity index (χ1n) is 8.34. The topological polar surface area (TPSA) is 56.8 Å². The fraction of sp³-hybridized carbons (Fsp3) is 0.632. The van der Waals surface area contributed by atoms with Gasteiger partial charge in [0.05, 0.1) is 5.60 Å². The summed E-state index contributed by atoms with van der Waals surface area (Å²) in [4.78, 5) is 12.4. The lowest BCUT2D eigenvalue weighted by Crippen LogP contribution is -2.56. The highest BCUT2D eigenvalue weighted by molar-refractivity contribution is 5.69. The number of hydrogen-bond donors (Lipinski definition) is 1. The molecule has 7 heteroatoms. The average Bonchev–Trinajstić information content (AvgIpc) is 2.40. The molecular formula is C19H29F2NO4. The molecule has 0 saturated carbocycles. The standard InChI is InChI=1S/C19H29F2NO4/c1-17(2,3)25-15(24-8)19(7,22-16(23)26-18(4,5)6)12-9-13(20)11-14(21)10-12/h9-11,15H,1-8H3,(H,22,23). The van der Waals surface area contributed by atoms with Crippen LogP contribution < -0.4 is 5.32 Å². The van der Waals surface area contributed by atoms with E-state index in [9.17, 15) is 13.6 Å². The summed E-state index contributed by atoms with van der Waals surface area (Å²) in [6.45, 7) is 12.1. The van der Waals surface area contributed by atoms with Crippen molar-refractivity contribution in [1.82, 2.24) is 5.32 Å². The van der Waals surface area contributed by atoms with Crippen LogP contribution in [0.3, 0.4) is 0 Å². The number of hydrogen-bond acceptors (Lipinski definition) is 4. The van der Waals surface area contributed by atoms with Crippen molar-refractivity contribution in [2.24, 2.45) is 0 Å². The predicted octanol–water partition coefficient (Wildman–Crippen LogP) is 4.49. The Hall–Kier alpha value is -1.73. The fourth-order valence-corrected chi connectivity index (χ4v) is 2.36. The minimum Gasteiger partial charge on any atom is -0.444 e. The molecule has 0 heterocycles. The number of benzene rings is 1. The van der Waals surface area contributed by atoms with E-state index in [1.54, 1.807) is 48.5 Å². The van der Waals surface area contributed by atoms with Gasteiger partial charge in [0.1, 0.15) is 22.8 Å². The van der Waals surface area contributed by atoms with E-state index < -0.39 is 40.8 Å². The van der Waals surface area contributed by atoms with E-state index >= 15 is 0 Å². The molecule has 1 rings (SSSR count). The van der Waals surface area contributed by atoms with Crippen molar-refractivity contribution in [1.29, 1.82) is 0 Å². The van der Waals surface area contributed by atoms with Gasteiger partial charge in [0, 0.05) is 13.2 Å². The molecule has 2 atom stereocenters. The molecule has 0 aliphatic heterocycles. The molecule has 1 amide bonds. The summed E-state index contributed by atoms with van der Waals surface area (Å²) in [5, 5.41) is 2.65. The summed E-state index contributed by atoms with van der Waals surface area (Å²) in [6.07, 6.45) is -1.79. The van der Waals surface area contributed by atoms with Crippen molar-refractivity contribution in [2.45, 2.75) is 71.5 Å². The maximum absolute atomic E-state index is 13.8. The molecule has 26 heavy (non-hydrogen) atoms. The SMILES string of the molecule is COC(OC(C)(C)C)C(C)(NC(=O)OC(C)(C)C)c1cc(F)cc(F)c1. The van der Waals surface area contributed by atoms with Crippen molar-refractivity contribution in [3.63, 3.8) is 0 Å². The molecule has 0 spiro atoms.